The fourth-order valence-electron chi connectivity index (χ4n) is 1.34. The van der Waals surface area contributed by atoms with Gasteiger partial charge in [-0.15, -0.1) is 0 Å². The van der Waals surface area contributed by atoms with Gasteiger partial charge < -0.3 is 15.4 Å². The number of hydrogen-bond acceptors (Lipinski definition) is 3. The Balaban J connectivity index is 2.55. The van der Waals surface area contributed by atoms with E-state index in [-0.39, 0.29) is 5.91 Å². The highest BCUT2D eigenvalue weighted by Gasteiger charge is 2.13. The van der Waals surface area contributed by atoms with Crippen LogP contribution in [0.15, 0.2) is 18.2 Å². The molecule has 1 aromatic carbocycles. The minimum Gasteiger partial charge on any atom is -0.383 e. The molecule has 0 spiro atoms. The first-order chi connectivity index (χ1) is 8.54. The van der Waals surface area contributed by atoms with E-state index in [4.69, 9.17) is 16.3 Å². The molecule has 0 aromatic heterocycles. The molecule has 0 fully saturated rings. The summed E-state index contributed by atoms with van der Waals surface area (Å²) in [5, 5.41) is 5.90. The van der Waals surface area contributed by atoms with Crippen molar-refractivity contribution < 1.29 is 13.9 Å². The second kappa shape index (κ2) is 7.18. The van der Waals surface area contributed by atoms with Gasteiger partial charge in [-0.05, 0) is 25.1 Å². The maximum absolute atomic E-state index is 13.0. The van der Waals surface area contributed by atoms with Crippen LogP contribution in [0.3, 0.4) is 0 Å². The summed E-state index contributed by atoms with van der Waals surface area (Å²) in [7, 11) is 1.56. The Morgan fingerprint density at radius 3 is 2.94 bits per heavy atom. The van der Waals surface area contributed by atoms with Crippen LogP contribution in [0.25, 0.3) is 0 Å². The second-order valence-electron chi connectivity index (χ2n) is 3.77. The normalized spacial score (nSPS) is 12.0. The number of carbonyl (C=O) groups is 1. The van der Waals surface area contributed by atoms with Crippen LogP contribution in [0.2, 0.25) is 5.02 Å². The topological polar surface area (TPSA) is 50.4 Å². The summed E-state index contributed by atoms with van der Waals surface area (Å²) in [6.07, 6.45) is 0. The highest BCUT2D eigenvalue weighted by Crippen LogP contribution is 2.22. The SMILES string of the molecule is COCCNC(=O)C(C)Nc1cc(F)ccc1Cl. The molecule has 0 heterocycles. The third kappa shape index (κ3) is 4.50. The summed E-state index contributed by atoms with van der Waals surface area (Å²) in [5.41, 5.74) is 0.394. The first kappa shape index (κ1) is 14.7. The van der Waals surface area contributed by atoms with E-state index in [1.165, 1.54) is 18.2 Å². The van der Waals surface area contributed by atoms with Crippen LogP contribution in [-0.2, 0) is 9.53 Å². The lowest BCUT2D eigenvalue weighted by atomic mass is 10.2. The van der Waals surface area contributed by atoms with Crippen LogP contribution in [0.5, 0.6) is 0 Å². The zero-order valence-electron chi connectivity index (χ0n) is 10.3. The quantitative estimate of drug-likeness (QED) is 0.781. The standard InChI is InChI=1S/C12H16ClFN2O2/c1-8(12(17)15-5-6-18-2)16-11-7-9(14)3-4-10(11)13/h3-4,7-8,16H,5-6H2,1-2H3,(H,15,17). The molecule has 1 rings (SSSR count). The lowest BCUT2D eigenvalue weighted by Crippen LogP contribution is -2.39. The molecule has 1 amide bonds. The minimum absolute atomic E-state index is 0.202. The Kier molecular flexibility index (Phi) is 5.88. The Labute approximate surface area is 110 Å². The fraction of sp³-hybridized carbons (Fsp3) is 0.417. The van der Waals surface area contributed by atoms with E-state index in [0.717, 1.165) is 0 Å². The molecule has 2 N–H and O–H groups in total. The molecular formula is C12H16ClFN2O2. The molecule has 1 atom stereocenters. The summed E-state index contributed by atoms with van der Waals surface area (Å²) in [5.74, 6) is -0.610. The summed E-state index contributed by atoms with van der Waals surface area (Å²) in [6.45, 7) is 2.54. The summed E-state index contributed by atoms with van der Waals surface area (Å²) < 4.78 is 17.9. The van der Waals surface area contributed by atoms with Gasteiger partial charge in [0.15, 0.2) is 0 Å². The van der Waals surface area contributed by atoms with Crippen molar-refractivity contribution in [2.24, 2.45) is 0 Å². The minimum atomic E-state index is -0.513. The molecule has 1 aromatic rings. The number of anilines is 1. The van der Waals surface area contributed by atoms with Crippen molar-refractivity contribution in [1.82, 2.24) is 5.32 Å². The third-order valence-electron chi connectivity index (χ3n) is 2.30. The van der Waals surface area contributed by atoms with Crippen molar-refractivity contribution in [3.05, 3.63) is 29.0 Å². The zero-order valence-corrected chi connectivity index (χ0v) is 11.1. The first-order valence-corrected chi connectivity index (χ1v) is 5.90. The molecule has 6 heteroatoms. The number of hydrogen-bond donors (Lipinski definition) is 2. The van der Waals surface area contributed by atoms with Gasteiger partial charge in [0.05, 0.1) is 17.3 Å². The van der Waals surface area contributed by atoms with Crippen LogP contribution in [-0.4, -0.2) is 32.2 Å². The van der Waals surface area contributed by atoms with E-state index in [9.17, 15) is 9.18 Å². The lowest BCUT2D eigenvalue weighted by molar-refractivity contribution is -0.121. The molecule has 0 radical (unpaired) electrons. The Hall–Kier alpha value is -1.33. The Bertz CT molecular complexity index is 415. The summed E-state index contributed by atoms with van der Waals surface area (Å²) in [6, 6.07) is 3.44. The maximum Gasteiger partial charge on any atom is 0.242 e. The average Bonchev–Trinajstić information content (AvgIpc) is 2.34. The summed E-state index contributed by atoms with van der Waals surface area (Å²) >= 11 is 5.89. The molecule has 0 aliphatic heterocycles. The number of benzene rings is 1. The fourth-order valence-corrected chi connectivity index (χ4v) is 1.51. The van der Waals surface area contributed by atoms with Crippen molar-refractivity contribution in [2.45, 2.75) is 13.0 Å². The van der Waals surface area contributed by atoms with Gasteiger partial charge in [-0.25, -0.2) is 4.39 Å². The number of ether oxygens (including phenoxy) is 1. The predicted octanol–water partition coefficient (Wildman–Crippen LogP) is 2.04. The largest absolute Gasteiger partial charge is 0.383 e. The van der Waals surface area contributed by atoms with E-state index in [0.29, 0.717) is 23.9 Å². The highest BCUT2D eigenvalue weighted by molar-refractivity contribution is 6.33. The molecular weight excluding hydrogens is 259 g/mol. The number of methoxy groups -OCH3 is 1. The van der Waals surface area contributed by atoms with Gasteiger partial charge in [0, 0.05) is 13.7 Å². The van der Waals surface area contributed by atoms with E-state index < -0.39 is 11.9 Å². The van der Waals surface area contributed by atoms with E-state index in [1.807, 2.05) is 0 Å². The van der Waals surface area contributed by atoms with Crippen molar-refractivity contribution in [3.8, 4) is 0 Å². The molecule has 0 aliphatic rings. The average molecular weight is 275 g/mol. The number of nitrogens with one attached hydrogen (secondary N) is 2. The second-order valence-corrected chi connectivity index (χ2v) is 4.18. The highest BCUT2D eigenvalue weighted by atomic mass is 35.5. The molecule has 1 unspecified atom stereocenters. The van der Waals surface area contributed by atoms with Gasteiger partial charge in [0.2, 0.25) is 5.91 Å². The van der Waals surface area contributed by atoms with Crippen LogP contribution in [0.1, 0.15) is 6.92 Å². The van der Waals surface area contributed by atoms with Crippen LogP contribution >= 0.6 is 11.6 Å². The number of halogens is 2. The summed E-state index contributed by atoms with van der Waals surface area (Å²) in [4.78, 5) is 11.7. The zero-order chi connectivity index (χ0) is 13.5. The van der Waals surface area contributed by atoms with Gasteiger partial charge in [0.1, 0.15) is 11.9 Å². The molecule has 0 aliphatic carbocycles. The number of amides is 1. The molecule has 0 bridgehead atoms. The van der Waals surface area contributed by atoms with Gasteiger partial charge in [-0.1, -0.05) is 11.6 Å². The molecule has 0 saturated heterocycles. The number of rotatable bonds is 6. The van der Waals surface area contributed by atoms with E-state index in [1.54, 1.807) is 14.0 Å². The van der Waals surface area contributed by atoms with Crippen molar-refractivity contribution in [3.63, 3.8) is 0 Å². The van der Waals surface area contributed by atoms with E-state index >= 15 is 0 Å². The smallest absolute Gasteiger partial charge is 0.242 e. The van der Waals surface area contributed by atoms with Crippen LogP contribution in [0, 0.1) is 5.82 Å². The molecule has 18 heavy (non-hydrogen) atoms. The van der Waals surface area contributed by atoms with Crippen molar-refractivity contribution in [1.29, 1.82) is 0 Å². The first-order valence-electron chi connectivity index (χ1n) is 5.53. The number of carbonyl (C=O) groups excluding carboxylic acids is 1. The lowest BCUT2D eigenvalue weighted by Gasteiger charge is -2.16. The molecule has 0 saturated carbocycles. The van der Waals surface area contributed by atoms with Gasteiger partial charge >= 0.3 is 0 Å². The van der Waals surface area contributed by atoms with E-state index in [2.05, 4.69) is 10.6 Å². The molecule has 4 nitrogen and oxygen atoms in total. The monoisotopic (exact) mass is 274 g/mol. The van der Waals surface area contributed by atoms with Crippen LogP contribution < -0.4 is 10.6 Å². The van der Waals surface area contributed by atoms with Crippen molar-refractivity contribution >= 4 is 23.2 Å². The van der Waals surface area contributed by atoms with Gasteiger partial charge in [0.25, 0.3) is 0 Å². The predicted molar refractivity (Wildman–Crippen MR) is 69.4 cm³/mol. The van der Waals surface area contributed by atoms with Crippen LogP contribution in [0.4, 0.5) is 10.1 Å². The van der Waals surface area contributed by atoms with Gasteiger partial charge in [-0.3, -0.25) is 4.79 Å². The Morgan fingerprint density at radius 1 is 1.56 bits per heavy atom. The maximum atomic E-state index is 13.0. The van der Waals surface area contributed by atoms with Crippen molar-refractivity contribution in [2.75, 3.05) is 25.6 Å². The Morgan fingerprint density at radius 2 is 2.28 bits per heavy atom. The van der Waals surface area contributed by atoms with Gasteiger partial charge in [-0.2, -0.15) is 0 Å². The third-order valence-corrected chi connectivity index (χ3v) is 2.63. The molecule has 100 valence electrons.